The van der Waals surface area contributed by atoms with Crippen LogP contribution in [0.4, 0.5) is 0 Å². The van der Waals surface area contributed by atoms with Gasteiger partial charge in [0.25, 0.3) is 0 Å². The summed E-state index contributed by atoms with van der Waals surface area (Å²) in [6.45, 7) is 3.14. The van der Waals surface area contributed by atoms with E-state index in [2.05, 4.69) is 17.2 Å². The average molecular weight is 98.1 g/mol. The maximum absolute atomic E-state index is 4.09. The van der Waals surface area contributed by atoms with E-state index >= 15 is 0 Å². The second-order valence-electron chi connectivity index (χ2n) is 1.75. The van der Waals surface area contributed by atoms with Crippen molar-refractivity contribution in [3.8, 4) is 0 Å². The Balaban J connectivity index is 2.36. The Kier molecular flexibility index (Phi) is 1.42. The SMILES string of the molecule is CC1N=CCCN1. The van der Waals surface area contributed by atoms with Crippen molar-refractivity contribution in [2.24, 2.45) is 4.99 Å². The number of rotatable bonds is 0. The molecule has 1 N–H and O–H groups in total. The van der Waals surface area contributed by atoms with Gasteiger partial charge in [-0.25, -0.2) is 0 Å². The Morgan fingerprint density at radius 1 is 1.86 bits per heavy atom. The van der Waals surface area contributed by atoms with Gasteiger partial charge in [-0.05, 0) is 13.3 Å². The zero-order valence-corrected chi connectivity index (χ0v) is 4.52. The summed E-state index contributed by atoms with van der Waals surface area (Å²) in [4.78, 5) is 4.09. The predicted molar refractivity (Wildman–Crippen MR) is 30.6 cm³/mol. The molecule has 0 aliphatic carbocycles. The third kappa shape index (κ3) is 1.27. The van der Waals surface area contributed by atoms with Gasteiger partial charge in [0.1, 0.15) is 0 Å². The molecule has 0 saturated carbocycles. The quantitative estimate of drug-likeness (QED) is 0.466. The van der Waals surface area contributed by atoms with Gasteiger partial charge in [0.2, 0.25) is 0 Å². The molecule has 1 aliphatic rings. The van der Waals surface area contributed by atoms with Crippen molar-refractivity contribution in [2.45, 2.75) is 19.5 Å². The summed E-state index contributed by atoms with van der Waals surface area (Å²) in [5.74, 6) is 0. The minimum atomic E-state index is 0.355. The van der Waals surface area contributed by atoms with Crippen LogP contribution in [0.3, 0.4) is 0 Å². The first-order chi connectivity index (χ1) is 3.39. The lowest BCUT2D eigenvalue weighted by atomic mass is 10.4. The zero-order chi connectivity index (χ0) is 5.11. The van der Waals surface area contributed by atoms with E-state index in [1.807, 2.05) is 6.21 Å². The van der Waals surface area contributed by atoms with E-state index in [0.717, 1.165) is 13.0 Å². The summed E-state index contributed by atoms with van der Waals surface area (Å²) in [5, 5.41) is 3.18. The van der Waals surface area contributed by atoms with Gasteiger partial charge in [0.15, 0.2) is 0 Å². The second kappa shape index (κ2) is 2.07. The number of nitrogens with one attached hydrogen (secondary N) is 1. The van der Waals surface area contributed by atoms with Crippen LogP contribution in [0.2, 0.25) is 0 Å². The van der Waals surface area contributed by atoms with Crippen molar-refractivity contribution in [1.29, 1.82) is 0 Å². The van der Waals surface area contributed by atoms with Crippen molar-refractivity contribution in [3.05, 3.63) is 0 Å². The highest BCUT2D eigenvalue weighted by Crippen LogP contribution is 1.88. The van der Waals surface area contributed by atoms with Gasteiger partial charge in [0.05, 0.1) is 6.17 Å². The largest absolute Gasteiger partial charge is 0.296 e. The van der Waals surface area contributed by atoms with Crippen LogP contribution >= 0.6 is 0 Å². The third-order valence-electron chi connectivity index (χ3n) is 1.04. The molecule has 2 nitrogen and oxygen atoms in total. The van der Waals surface area contributed by atoms with Gasteiger partial charge in [0, 0.05) is 12.8 Å². The molecule has 0 radical (unpaired) electrons. The third-order valence-corrected chi connectivity index (χ3v) is 1.04. The zero-order valence-electron chi connectivity index (χ0n) is 4.52. The second-order valence-corrected chi connectivity index (χ2v) is 1.75. The summed E-state index contributed by atoms with van der Waals surface area (Å²) in [7, 11) is 0. The molecule has 0 saturated heterocycles. The highest BCUT2D eigenvalue weighted by molar-refractivity contribution is 5.58. The van der Waals surface area contributed by atoms with E-state index in [4.69, 9.17) is 0 Å². The van der Waals surface area contributed by atoms with Crippen LogP contribution in [0.25, 0.3) is 0 Å². The summed E-state index contributed by atoms with van der Waals surface area (Å²) in [6, 6.07) is 0. The smallest absolute Gasteiger partial charge is 0.0961 e. The topological polar surface area (TPSA) is 24.4 Å². The van der Waals surface area contributed by atoms with Crippen molar-refractivity contribution in [3.63, 3.8) is 0 Å². The fourth-order valence-electron chi connectivity index (χ4n) is 0.642. The molecule has 40 valence electrons. The Labute approximate surface area is 43.6 Å². The molecule has 1 atom stereocenters. The first kappa shape index (κ1) is 4.78. The van der Waals surface area contributed by atoms with Crippen LogP contribution in [-0.2, 0) is 0 Å². The molecule has 0 amide bonds. The van der Waals surface area contributed by atoms with Crippen LogP contribution in [0.15, 0.2) is 4.99 Å². The van der Waals surface area contributed by atoms with Crippen LogP contribution in [0.5, 0.6) is 0 Å². The fraction of sp³-hybridized carbons (Fsp3) is 0.800. The van der Waals surface area contributed by atoms with Gasteiger partial charge in [-0.15, -0.1) is 0 Å². The predicted octanol–water partition coefficient (Wildman–Crippen LogP) is 0.397. The highest BCUT2D eigenvalue weighted by atomic mass is 15.1. The van der Waals surface area contributed by atoms with Crippen LogP contribution in [0, 0.1) is 0 Å². The van der Waals surface area contributed by atoms with Crippen molar-refractivity contribution in [1.82, 2.24) is 5.32 Å². The maximum atomic E-state index is 4.09. The molecule has 0 spiro atoms. The number of aliphatic imine (C=N–C) groups is 1. The summed E-state index contributed by atoms with van der Waals surface area (Å²) >= 11 is 0. The minimum absolute atomic E-state index is 0.355. The lowest BCUT2D eigenvalue weighted by Crippen LogP contribution is -2.28. The molecule has 0 aromatic rings. The molecule has 1 rings (SSSR count). The lowest BCUT2D eigenvalue weighted by molar-refractivity contribution is 0.562. The molecule has 1 unspecified atom stereocenters. The Bertz CT molecular complexity index is 78.1. The molecule has 2 heteroatoms. The molecule has 7 heavy (non-hydrogen) atoms. The first-order valence-electron chi connectivity index (χ1n) is 2.64. The van der Waals surface area contributed by atoms with E-state index in [1.54, 1.807) is 0 Å². The van der Waals surface area contributed by atoms with Crippen LogP contribution in [0.1, 0.15) is 13.3 Å². The molecular weight excluding hydrogens is 88.1 g/mol. The van der Waals surface area contributed by atoms with Crippen LogP contribution < -0.4 is 5.32 Å². The van der Waals surface area contributed by atoms with Gasteiger partial charge in [-0.1, -0.05) is 0 Å². The van der Waals surface area contributed by atoms with Crippen molar-refractivity contribution in [2.75, 3.05) is 6.54 Å². The number of hydrogen-bond acceptors (Lipinski definition) is 2. The van der Waals surface area contributed by atoms with Gasteiger partial charge in [-0.3, -0.25) is 10.3 Å². The van der Waals surface area contributed by atoms with E-state index in [9.17, 15) is 0 Å². The van der Waals surface area contributed by atoms with Crippen molar-refractivity contribution >= 4 is 6.21 Å². The maximum Gasteiger partial charge on any atom is 0.0961 e. The Hall–Kier alpha value is -0.370. The Morgan fingerprint density at radius 2 is 2.71 bits per heavy atom. The highest BCUT2D eigenvalue weighted by Gasteiger charge is 1.97. The standard InChI is InChI=1S/C5H10N2/c1-5-6-3-2-4-7-5/h3,5,7H,2,4H2,1H3. The fourth-order valence-corrected chi connectivity index (χ4v) is 0.642. The average Bonchev–Trinajstić information content (AvgIpc) is 1.69. The molecule has 0 fully saturated rings. The number of hydrogen-bond donors (Lipinski definition) is 1. The van der Waals surface area contributed by atoms with Crippen molar-refractivity contribution < 1.29 is 0 Å². The normalized spacial score (nSPS) is 30.7. The number of nitrogens with zero attached hydrogens (tertiary/aromatic N) is 1. The lowest BCUT2D eigenvalue weighted by Gasteiger charge is -2.11. The molecule has 1 heterocycles. The monoisotopic (exact) mass is 98.1 g/mol. The van der Waals surface area contributed by atoms with Gasteiger partial charge < -0.3 is 0 Å². The van der Waals surface area contributed by atoms with E-state index in [-0.39, 0.29) is 0 Å². The molecule has 0 aromatic heterocycles. The minimum Gasteiger partial charge on any atom is -0.296 e. The molecule has 0 aromatic carbocycles. The first-order valence-corrected chi connectivity index (χ1v) is 2.64. The summed E-state index contributed by atoms with van der Waals surface area (Å²) in [6.07, 6.45) is 3.42. The molecule has 0 bridgehead atoms. The van der Waals surface area contributed by atoms with Crippen LogP contribution in [-0.4, -0.2) is 18.9 Å². The summed E-state index contributed by atoms with van der Waals surface area (Å²) in [5.41, 5.74) is 0. The Morgan fingerprint density at radius 3 is 3.00 bits per heavy atom. The molecule has 1 aliphatic heterocycles. The van der Waals surface area contributed by atoms with Gasteiger partial charge in [-0.2, -0.15) is 0 Å². The van der Waals surface area contributed by atoms with Gasteiger partial charge >= 0.3 is 0 Å². The van der Waals surface area contributed by atoms with E-state index in [1.165, 1.54) is 0 Å². The van der Waals surface area contributed by atoms with E-state index in [0.29, 0.717) is 6.17 Å². The van der Waals surface area contributed by atoms with E-state index < -0.39 is 0 Å². The molecular formula is C5H10N2. The summed E-state index contributed by atoms with van der Waals surface area (Å²) < 4.78 is 0.